The predicted octanol–water partition coefficient (Wildman–Crippen LogP) is 3.15. The number of amides is 2. The maximum atomic E-state index is 12.8. The van der Waals surface area contributed by atoms with Gasteiger partial charge in [0, 0.05) is 18.6 Å². The smallest absolute Gasteiger partial charge is 0.408 e. The monoisotopic (exact) mass is 477 g/mol. The summed E-state index contributed by atoms with van der Waals surface area (Å²) < 4.78 is 10.3. The van der Waals surface area contributed by atoms with Crippen molar-refractivity contribution in [1.29, 1.82) is 0 Å². The number of carbonyl (C=O) groups excluding carboxylic acids is 3. The Kier molecular flexibility index (Phi) is 8.89. The van der Waals surface area contributed by atoms with Crippen molar-refractivity contribution in [2.45, 2.75) is 19.1 Å². The molecule has 0 bridgehead atoms. The lowest BCUT2D eigenvalue weighted by Gasteiger charge is -2.18. The minimum Gasteiger partial charge on any atom is -0.445 e. The molecule has 0 saturated carbocycles. The summed E-state index contributed by atoms with van der Waals surface area (Å²) in [6.07, 6.45) is -0.608. The number of nitrogens with one attached hydrogen (secondary N) is 2. The molecular weight excluding hydrogens is 454 g/mol. The molecular formula is C25H23N3O7. The zero-order chi connectivity index (χ0) is 25.0. The van der Waals surface area contributed by atoms with E-state index in [1.807, 2.05) is 24.3 Å². The van der Waals surface area contributed by atoms with Gasteiger partial charge in [-0.3, -0.25) is 14.9 Å². The molecule has 0 radical (unpaired) electrons. The van der Waals surface area contributed by atoms with Crippen molar-refractivity contribution in [2.75, 3.05) is 6.54 Å². The van der Waals surface area contributed by atoms with Crippen molar-refractivity contribution in [3.05, 3.63) is 106 Å². The van der Waals surface area contributed by atoms with Crippen molar-refractivity contribution < 1.29 is 28.8 Å². The van der Waals surface area contributed by atoms with Gasteiger partial charge in [0.1, 0.15) is 24.9 Å². The van der Waals surface area contributed by atoms with Gasteiger partial charge in [0.15, 0.2) is 0 Å². The maximum Gasteiger partial charge on any atom is 0.408 e. The molecule has 2 amide bonds. The molecule has 0 heterocycles. The molecule has 3 aromatic carbocycles. The summed E-state index contributed by atoms with van der Waals surface area (Å²) in [5.74, 6) is -1.29. The van der Waals surface area contributed by atoms with E-state index in [1.54, 1.807) is 36.4 Å². The zero-order valence-electron chi connectivity index (χ0n) is 18.6. The lowest BCUT2D eigenvalue weighted by molar-refractivity contribution is -0.384. The van der Waals surface area contributed by atoms with Crippen LogP contribution in [0.4, 0.5) is 10.5 Å². The molecule has 0 aliphatic heterocycles. The van der Waals surface area contributed by atoms with Crippen LogP contribution in [0.2, 0.25) is 0 Å². The third kappa shape index (κ3) is 8.28. The fourth-order valence-corrected chi connectivity index (χ4v) is 3.05. The highest BCUT2D eigenvalue weighted by Gasteiger charge is 2.23. The summed E-state index contributed by atoms with van der Waals surface area (Å²) in [6.45, 7) is -0.435. The molecule has 0 aromatic heterocycles. The van der Waals surface area contributed by atoms with Crippen molar-refractivity contribution in [2.24, 2.45) is 0 Å². The van der Waals surface area contributed by atoms with Crippen molar-refractivity contribution in [3.8, 4) is 5.75 Å². The molecule has 3 rings (SSSR count). The van der Waals surface area contributed by atoms with Gasteiger partial charge in [-0.15, -0.1) is 0 Å². The Labute approximate surface area is 201 Å². The Bertz CT molecular complexity index is 1150. The molecule has 35 heavy (non-hydrogen) atoms. The second-order valence-electron chi connectivity index (χ2n) is 7.39. The Morgan fingerprint density at radius 1 is 0.857 bits per heavy atom. The maximum absolute atomic E-state index is 12.8. The molecule has 1 atom stereocenters. The van der Waals surface area contributed by atoms with Crippen LogP contribution < -0.4 is 15.4 Å². The first kappa shape index (κ1) is 24.9. The van der Waals surface area contributed by atoms with Crippen LogP contribution in [0.15, 0.2) is 84.9 Å². The minimum atomic E-state index is -1.01. The topological polar surface area (TPSA) is 137 Å². The molecule has 3 aromatic rings. The van der Waals surface area contributed by atoms with Gasteiger partial charge >= 0.3 is 12.1 Å². The number of esters is 1. The third-order valence-electron chi connectivity index (χ3n) is 4.79. The summed E-state index contributed by atoms with van der Waals surface area (Å²) >= 11 is 0. The molecule has 0 saturated heterocycles. The van der Waals surface area contributed by atoms with Gasteiger partial charge in [0.05, 0.1) is 4.92 Å². The lowest BCUT2D eigenvalue weighted by atomic mass is 10.1. The van der Waals surface area contributed by atoms with Crippen LogP contribution in [-0.4, -0.2) is 35.5 Å². The summed E-state index contributed by atoms with van der Waals surface area (Å²) in [7, 11) is 0. The summed E-state index contributed by atoms with van der Waals surface area (Å²) in [6, 6.07) is 22.1. The van der Waals surface area contributed by atoms with Gasteiger partial charge in [-0.05, 0) is 23.3 Å². The highest BCUT2D eigenvalue weighted by molar-refractivity contribution is 5.88. The van der Waals surface area contributed by atoms with Gasteiger partial charge in [-0.1, -0.05) is 60.7 Å². The first-order valence-corrected chi connectivity index (χ1v) is 10.6. The Balaban J connectivity index is 1.56. The Hall–Kier alpha value is -4.73. The van der Waals surface area contributed by atoms with Gasteiger partial charge < -0.3 is 20.1 Å². The SMILES string of the molecule is O=C(CNC(=O)[C@@H](Cc1ccccc1)NC(=O)OCc1ccccc1)Oc1ccc([N+](=O)[O-])cc1. The minimum absolute atomic E-state index is 0.0356. The van der Waals surface area contributed by atoms with Crippen LogP contribution >= 0.6 is 0 Å². The molecule has 180 valence electrons. The second kappa shape index (κ2) is 12.5. The normalized spacial score (nSPS) is 11.1. The van der Waals surface area contributed by atoms with Crippen molar-refractivity contribution in [3.63, 3.8) is 0 Å². The largest absolute Gasteiger partial charge is 0.445 e. The first-order valence-electron chi connectivity index (χ1n) is 10.6. The van der Waals surface area contributed by atoms with E-state index in [2.05, 4.69) is 10.6 Å². The van der Waals surface area contributed by atoms with E-state index >= 15 is 0 Å². The number of benzene rings is 3. The number of hydrogen-bond donors (Lipinski definition) is 2. The highest BCUT2D eigenvalue weighted by atomic mass is 16.6. The molecule has 10 heteroatoms. The van der Waals surface area contributed by atoms with Crippen LogP contribution in [0.5, 0.6) is 5.75 Å². The number of carbonyl (C=O) groups is 3. The Morgan fingerprint density at radius 2 is 1.46 bits per heavy atom. The molecule has 0 aliphatic carbocycles. The summed E-state index contributed by atoms with van der Waals surface area (Å²) in [4.78, 5) is 47.3. The molecule has 0 spiro atoms. The first-order chi connectivity index (χ1) is 16.9. The molecule has 0 unspecified atom stereocenters. The summed E-state index contributed by atoms with van der Waals surface area (Å²) in [5, 5.41) is 15.7. The average Bonchev–Trinajstić information content (AvgIpc) is 2.87. The summed E-state index contributed by atoms with van der Waals surface area (Å²) in [5.41, 5.74) is 1.44. The number of nitro groups is 1. The fourth-order valence-electron chi connectivity index (χ4n) is 3.05. The number of hydrogen-bond acceptors (Lipinski definition) is 7. The number of rotatable bonds is 10. The van der Waals surface area contributed by atoms with Gasteiger partial charge in [0.2, 0.25) is 5.91 Å². The number of nitrogens with zero attached hydrogens (tertiary/aromatic N) is 1. The van der Waals surface area contributed by atoms with Crippen LogP contribution in [0.1, 0.15) is 11.1 Å². The zero-order valence-corrected chi connectivity index (χ0v) is 18.6. The van der Waals surface area contributed by atoms with E-state index in [9.17, 15) is 24.5 Å². The van der Waals surface area contributed by atoms with Crippen LogP contribution in [0.3, 0.4) is 0 Å². The average molecular weight is 477 g/mol. The van der Waals surface area contributed by atoms with Gasteiger partial charge in [-0.25, -0.2) is 9.59 Å². The van der Waals surface area contributed by atoms with Crippen molar-refractivity contribution >= 4 is 23.7 Å². The number of non-ortho nitro benzene ring substituents is 1. The third-order valence-corrected chi connectivity index (χ3v) is 4.79. The fraction of sp³-hybridized carbons (Fsp3) is 0.160. The highest BCUT2D eigenvalue weighted by Crippen LogP contribution is 2.17. The standard InChI is InChI=1S/C25H23N3O7/c29-23(35-21-13-11-20(12-14-21)28(32)33)16-26-24(30)22(15-18-7-3-1-4-8-18)27-25(31)34-17-19-9-5-2-6-10-19/h1-14,22H,15-17H2,(H,26,30)(H,27,31)/t22-/m1/s1. The van der Waals surface area contributed by atoms with E-state index in [4.69, 9.17) is 9.47 Å². The van der Waals surface area contributed by atoms with E-state index in [0.29, 0.717) is 0 Å². The van der Waals surface area contributed by atoms with E-state index < -0.39 is 35.5 Å². The predicted molar refractivity (Wildman–Crippen MR) is 125 cm³/mol. The van der Waals surface area contributed by atoms with Crippen LogP contribution in [0, 0.1) is 10.1 Å². The van der Waals surface area contributed by atoms with Crippen LogP contribution in [-0.2, 0) is 27.4 Å². The number of alkyl carbamates (subject to hydrolysis) is 1. The van der Waals surface area contributed by atoms with E-state index in [0.717, 1.165) is 11.1 Å². The van der Waals surface area contributed by atoms with Crippen molar-refractivity contribution in [1.82, 2.24) is 10.6 Å². The van der Waals surface area contributed by atoms with E-state index in [1.165, 1.54) is 24.3 Å². The second-order valence-corrected chi connectivity index (χ2v) is 7.39. The van der Waals surface area contributed by atoms with Gasteiger partial charge in [0.25, 0.3) is 5.69 Å². The molecule has 0 aliphatic rings. The van der Waals surface area contributed by atoms with Gasteiger partial charge in [-0.2, -0.15) is 0 Å². The molecule has 10 nitrogen and oxygen atoms in total. The lowest BCUT2D eigenvalue weighted by Crippen LogP contribution is -2.49. The molecule has 0 fully saturated rings. The molecule has 2 N–H and O–H groups in total. The van der Waals surface area contributed by atoms with Crippen LogP contribution in [0.25, 0.3) is 0 Å². The van der Waals surface area contributed by atoms with E-state index in [-0.39, 0.29) is 24.5 Å². The Morgan fingerprint density at radius 3 is 2.06 bits per heavy atom. The number of nitro benzene ring substituents is 1. The quantitative estimate of drug-likeness (QED) is 0.198. The number of ether oxygens (including phenoxy) is 2.